The minimum atomic E-state index is -0.320. The molecule has 0 aliphatic heterocycles. The Morgan fingerprint density at radius 3 is 2.82 bits per heavy atom. The zero-order chi connectivity index (χ0) is 19.7. The van der Waals surface area contributed by atoms with Crippen molar-refractivity contribution in [1.29, 1.82) is 0 Å². The third-order valence-corrected chi connectivity index (χ3v) is 5.59. The number of carbonyl (C=O) groups excluding carboxylic acids is 2. The summed E-state index contributed by atoms with van der Waals surface area (Å²) in [6, 6.07) is 7.56. The Morgan fingerprint density at radius 2 is 2.07 bits per heavy atom. The quantitative estimate of drug-likeness (QED) is 0.465. The lowest BCUT2D eigenvalue weighted by atomic mass is 9.82. The second-order valence-corrected chi connectivity index (χ2v) is 7.79. The predicted octanol–water partition coefficient (Wildman–Crippen LogP) is 3.35. The number of ketones is 1. The van der Waals surface area contributed by atoms with E-state index in [9.17, 15) is 9.59 Å². The van der Waals surface area contributed by atoms with Crippen LogP contribution in [0.1, 0.15) is 40.9 Å². The van der Waals surface area contributed by atoms with Gasteiger partial charge in [-0.3, -0.25) is 9.59 Å². The van der Waals surface area contributed by atoms with Gasteiger partial charge in [0.1, 0.15) is 0 Å². The number of fused-ring (bicyclic) bond motifs is 2. The van der Waals surface area contributed by atoms with Gasteiger partial charge >= 0.3 is 5.97 Å². The van der Waals surface area contributed by atoms with Gasteiger partial charge in [-0.25, -0.2) is 9.50 Å². The molecule has 2 aromatic heterocycles. The van der Waals surface area contributed by atoms with E-state index in [-0.39, 0.29) is 23.4 Å². The normalized spacial score (nSPS) is 16.2. The second-order valence-electron chi connectivity index (χ2n) is 6.41. The third kappa shape index (κ3) is 3.88. The van der Waals surface area contributed by atoms with Crippen molar-refractivity contribution in [2.75, 3.05) is 12.4 Å². The van der Waals surface area contributed by atoms with Crippen molar-refractivity contribution in [1.82, 2.24) is 19.6 Å². The van der Waals surface area contributed by atoms with Gasteiger partial charge in [0.15, 0.2) is 5.78 Å². The SMILES string of the molecule is CCOC(=O)CSc1nc2nc3c(cn2n1)C(=O)C[C@@H](c1ccc(Cl)cc1)C3. The molecule has 0 amide bonds. The lowest BCUT2D eigenvalue weighted by molar-refractivity contribution is -0.139. The van der Waals surface area contributed by atoms with Crippen LogP contribution in [0.3, 0.4) is 0 Å². The van der Waals surface area contributed by atoms with Crippen LogP contribution in [0.4, 0.5) is 0 Å². The summed E-state index contributed by atoms with van der Waals surface area (Å²) in [7, 11) is 0. The molecule has 0 saturated heterocycles. The van der Waals surface area contributed by atoms with E-state index in [4.69, 9.17) is 16.3 Å². The van der Waals surface area contributed by atoms with Crippen LogP contribution in [0.15, 0.2) is 35.6 Å². The molecule has 1 atom stereocenters. The van der Waals surface area contributed by atoms with Gasteiger partial charge in [-0.15, -0.1) is 5.10 Å². The number of esters is 1. The topological polar surface area (TPSA) is 86.4 Å². The molecule has 3 aromatic rings. The number of nitrogens with zero attached hydrogens (tertiary/aromatic N) is 4. The second kappa shape index (κ2) is 7.89. The number of aromatic nitrogens is 4. The molecule has 0 N–H and O–H groups in total. The highest BCUT2D eigenvalue weighted by atomic mass is 35.5. The summed E-state index contributed by atoms with van der Waals surface area (Å²) in [5.41, 5.74) is 2.36. The number of halogens is 1. The molecule has 1 aromatic carbocycles. The molecular formula is C19H17ClN4O3S. The molecule has 0 unspecified atom stereocenters. The number of hydrogen-bond donors (Lipinski definition) is 0. The van der Waals surface area contributed by atoms with Gasteiger partial charge in [0.25, 0.3) is 5.78 Å². The van der Waals surface area contributed by atoms with Crippen LogP contribution in [0, 0.1) is 0 Å². The van der Waals surface area contributed by atoms with E-state index in [1.165, 1.54) is 16.3 Å². The molecule has 0 bridgehead atoms. The largest absolute Gasteiger partial charge is 0.465 e. The zero-order valence-corrected chi connectivity index (χ0v) is 16.7. The van der Waals surface area contributed by atoms with Crippen molar-refractivity contribution in [3.63, 3.8) is 0 Å². The van der Waals surface area contributed by atoms with Crippen LogP contribution in [0.25, 0.3) is 5.78 Å². The Kier molecular flexibility index (Phi) is 5.32. The summed E-state index contributed by atoms with van der Waals surface area (Å²) < 4.78 is 6.40. The minimum absolute atomic E-state index is 0.0341. The lowest BCUT2D eigenvalue weighted by Gasteiger charge is -2.23. The van der Waals surface area contributed by atoms with E-state index in [0.717, 1.165) is 11.3 Å². The molecule has 9 heteroatoms. The van der Waals surface area contributed by atoms with Gasteiger partial charge in [0.2, 0.25) is 5.16 Å². The van der Waals surface area contributed by atoms with E-state index in [2.05, 4.69) is 15.1 Å². The van der Waals surface area contributed by atoms with E-state index in [0.29, 0.717) is 41.0 Å². The lowest BCUT2D eigenvalue weighted by Crippen LogP contribution is -2.21. The van der Waals surface area contributed by atoms with E-state index in [1.54, 1.807) is 13.1 Å². The third-order valence-electron chi connectivity index (χ3n) is 4.53. The summed E-state index contributed by atoms with van der Waals surface area (Å²) in [6.07, 6.45) is 2.75. The van der Waals surface area contributed by atoms with Gasteiger partial charge in [-0.05, 0) is 37.0 Å². The summed E-state index contributed by atoms with van der Waals surface area (Å²) in [6.45, 7) is 2.09. The van der Waals surface area contributed by atoms with Crippen molar-refractivity contribution in [2.45, 2.75) is 30.8 Å². The molecule has 0 saturated carbocycles. The summed E-state index contributed by atoms with van der Waals surface area (Å²) in [5, 5.41) is 5.40. The first-order valence-electron chi connectivity index (χ1n) is 8.87. The fraction of sp³-hybridized carbons (Fsp3) is 0.316. The molecule has 0 fully saturated rings. The van der Waals surface area contributed by atoms with Crippen molar-refractivity contribution in [3.8, 4) is 0 Å². The molecule has 2 heterocycles. The molecule has 28 heavy (non-hydrogen) atoms. The first kappa shape index (κ1) is 18.9. The molecule has 144 valence electrons. The minimum Gasteiger partial charge on any atom is -0.465 e. The Morgan fingerprint density at radius 1 is 1.29 bits per heavy atom. The Hall–Kier alpha value is -2.45. The molecule has 1 aliphatic carbocycles. The van der Waals surface area contributed by atoms with Crippen molar-refractivity contribution in [2.24, 2.45) is 0 Å². The number of Topliss-reactive ketones (excluding diaryl/α,β-unsaturated/α-hetero) is 1. The van der Waals surface area contributed by atoms with E-state index < -0.39 is 0 Å². The maximum atomic E-state index is 12.7. The average molecular weight is 417 g/mol. The number of hydrogen-bond acceptors (Lipinski definition) is 7. The predicted molar refractivity (Wildman–Crippen MR) is 105 cm³/mol. The highest BCUT2D eigenvalue weighted by molar-refractivity contribution is 7.99. The van der Waals surface area contributed by atoms with Gasteiger partial charge in [0, 0.05) is 17.6 Å². The highest BCUT2D eigenvalue weighted by Gasteiger charge is 2.28. The monoisotopic (exact) mass is 416 g/mol. The summed E-state index contributed by atoms with van der Waals surface area (Å²) >= 11 is 7.14. The van der Waals surface area contributed by atoms with E-state index >= 15 is 0 Å². The number of ether oxygens (including phenoxy) is 1. The number of benzene rings is 1. The Bertz CT molecular complexity index is 1050. The molecule has 1 aliphatic rings. The molecule has 7 nitrogen and oxygen atoms in total. The first-order valence-corrected chi connectivity index (χ1v) is 10.2. The van der Waals surface area contributed by atoms with Crippen molar-refractivity contribution < 1.29 is 14.3 Å². The maximum Gasteiger partial charge on any atom is 0.316 e. The number of thioether (sulfide) groups is 1. The number of rotatable bonds is 5. The Labute approximate surface area is 170 Å². The average Bonchev–Trinajstić information content (AvgIpc) is 3.07. The van der Waals surface area contributed by atoms with Crippen LogP contribution < -0.4 is 0 Å². The zero-order valence-electron chi connectivity index (χ0n) is 15.1. The van der Waals surface area contributed by atoms with Gasteiger partial charge < -0.3 is 4.74 Å². The molecular weight excluding hydrogens is 400 g/mol. The van der Waals surface area contributed by atoms with Crippen LogP contribution in [0.2, 0.25) is 5.02 Å². The summed E-state index contributed by atoms with van der Waals surface area (Å²) in [5.74, 6) is 0.316. The van der Waals surface area contributed by atoms with Gasteiger partial charge in [-0.2, -0.15) is 4.98 Å². The van der Waals surface area contributed by atoms with Crippen molar-refractivity contribution >= 4 is 40.9 Å². The number of carbonyl (C=O) groups is 2. The smallest absolute Gasteiger partial charge is 0.316 e. The summed E-state index contributed by atoms with van der Waals surface area (Å²) in [4.78, 5) is 33.1. The van der Waals surface area contributed by atoms with Crippen LogP contribution in [-0.2, 0) is 16.0 Å². The van der Waals surface area contributed by atoms with Crippen LogP contribution in [0.5, 0.6) is 0 Å². The fourth-order valence-corrected chi connectivity index (χ4v) is 3.97. The van der Waals surface area contributed by atoms with Gasteiger partial charge in [0.05, 0.1) is 23.6 Å². The van der Waals surface area contributed by atoms with Crippen molar-refractivity contribution in [3.05, 3.63) is 52.3 Å². The fourth-order valence-electron chi connectivity index (χ4n) is 3.22. The van der Waals surface area contributed by atoms with E-state index in [1.807, 2.05) is 24.3 Å². The highest BCUT2D eigenvalue weighted by Crippen LogP contribution is 2.32. The Balaban J connectivity index is 1.58. The maximum absolute atomic E-state index is 12.7. The van der Waals surface area contributed by atoms with Gasteiger partial charge in [-0.1, -0.05) is 35.5 Å². The molecule has 0 radical (unpaired) electrons. The van der Waals surface area contributed by atoms with Crippen LogP contribution >= 0.6 is 23.4 Å². The van der Waals surface area contributed by atoms with Crippen LogP contribution in [-0.4, -0.2) is 43.7 Å². The standard InChI is InChI=1S/C19H17ClN4O3S/c1-2-27-17(26)10-28-19-22-18-21-15-7-12(11-3-5-13(20)6-4-11)8-16(25)14(15)9-24(18)23-19/h3-6,9,12H,2,7-8,10H2,1H3/t12-/m0/s1. The molecule has 4 rings (SSSR count). The molecule has 0 spiro atoms. The first-order chi connectivity index (χ1) is 13.5.